The predicted octanol–water partition coefficient (Wildman–Crippen LogP) is 4.24. The Hall–Kier alpha value is -3.33. The van der Waals surface area contributed by atoms with Gasteiger partial charge >= 0.3 is 0 Å². The van der Waals surface area contributed by atoms with Crippen LogP contribution in [0.3, 0.4) is 0 Å². The molecule has 9 heteroatoms. The first-order valence-electron chi connectivity index (χ1n) is 8.72. The zero-order valence-electron chi connectivity index (χ0n) is 15.8. The third-order valence-electron chi connectivity index (χ3n) is 4.15. The van der Waals surface area contributed by atoms with E-state index in [0.717, 1.165) is 16.7 Å². The number of benzene rings is 2. The van der Waals surface area contributed by atoms with Gasteiger partial charge in [0.15, 0.2) is 11.5 Å². The fraction of sp³-hybridized carbons (Fsp3) is 0.200. The Morgan fingerprint density at radius 2 is 1.86 bits per heavy atom. The van der Waals surface area contributed by atoms with Crippen LogP contribution in [0.2, 0.25) is 0 Å². The van der Waals surface area contributed by atoms with Crippen LogP contribution in [0.4, 0.5) is 10.5 Å². The van der Waals surface area contributed by atoms with Crippen molar-refractivity contribution in [2.24, 2.45) is 0 Å². The topological polar surface area (TPSA) is 99.0 Å². The van der Waals surface area contributed by atoms with E-state index in [1.807, 2.05) is 6.92 Å². The number of carbonyl (C=O) groups excluding carboxylic acids is 2. The molecule has 1 saturated heterocycles. The van der Waals surface area contributed by atoms with E-state index >= 15 is 0 Å². The van der Waals surface area contributed by atoms with Crippen molar-refractivity contribution in [3.05, 3.63) is 68.6 Å². The molecule has 0 aliphatic carbocycles. The number of hydrogen-bond donors (Lipinski definition) is 0. The van der Waals surface area contributed by atoms with Crippen molar-refractivity contribution in [3.8, 4) is 11.5 Å². The first kappa shape index (κ1) is 20.4. The molecular weight excluding hydrogens is 396 g/mol. The van der Waals surface area contributed by atoms with Crippen molar-refractivity contribution < 1.29 is 24.0 Å². The number of nitro benzene ring substituents is 1. The molecule has 1 aliphatic heterocycles. The highest BCUT2D eigenvalue weighted by Gasteiger charge is 2.35. The van der Waals surface area contributed by atoms with Gasteiger partial charge in [0.25, 0.3) is 16.8 Å². The van der Waals surface area contributed by atoms with E-state index in [4.69, 9.17) is 9.47 Å². The van der Waals surface area contributed by atoms with Crippen LogP contribution in [-0.4, -0.2) is 34.7 Å². The molecule has 0 N–H and O–H groups in total. The van der Waals surface area contributed by atoms with E-state index in [2.05, 4.69) is 0 Å². The number of carbonyl (C=O) groups is 2. The number of nitrogens with zero attached hydrogens (tertiary/aromatic N) is 2. The summed E-state index contributed by atoms with van der Waals surface area (Å²) in [7, 11) is 1.54. The molecule has 0 saturated carbocycles. The van der Waals surface area contributed by atoms with Crippen molar-refractivity contribution in [1.82, 2.24) is 4.90 Å². The average Bonchev–Trinajstić information content (AvgIpc) is 2.96. The number of nitro groups is 1. The molecule has 1 aliphatic rings. The number of rotatable bonds is 7. The number of hydrogen-bond acceptors (Lipinski definition) is 7. The van der Waals surface area contributed by atoms with Gasteiger partial charge in [-0.15, -0.1) is 0 Å². The van der Waals surface area contributed by atoms with E-state index in [1.54, 1.807) is 31.4 Å². The number of thioether (sulfide) groups is 1. The van der Waals surface area contributed by atoms with Gasteiger partial charge in [-0.2, -0.15) is 0 Å². The van der Waals surface area contributed by atoms with Gasteiger partial charge in [0.2, 0.25) is 0 Å². The molecule has 8 nitrogen and oxygen atoms in total. The van der Waals surface area contributed by atoms with Crippen LogP contribution >= 0.6 is 11.8 Å². The summed E-state index contributed by atoms with van der Waals surface area (Å²) < 4.78 is 10.8. The lowest BCUT2D eigenvalue weighted by molar-refractivity contribution is -0.384. The first-order valence-corrected chi connectivity index (χ1v) is 9.54. The van der Waals surface area contributed by atoms with Crippen molar-refractivity contribution in [1.29, 1.82) is 0 Å². The Morgan fingerprint density at radius 1 is 1.14 bits per heavy atom. The van der Waals surface area contributed by atoms with Crippen molar-refractivity contribution in [2.45, 2.75) is 13.5 Å². The molecule has 0 unspecified atom stereocenters. The van der Waals surface area contributed by atoms with Crippen molar-refractivity contribution >= 4 is 34.7 Å². The summed E-state index contributed by atoms with van der Waals surface area (Å²) in [5.41, 5.74) is 1.28. The van der Waals surface area contributed by atoms with Crippen LogP contribution in [0, 0.1) is 10.1 Å². The van der Waals surface area contributed by atoms with Crippen LogP contribution in [0.25, 0.3) is 6.08 Å². The fourth-order valence-electron chi connectivity index (χ4n) is 2.74. The summed E-state index contributed by atoms with van der Waals surface area (Å²) in [6.07, 6.45) is 1.63. The second-order valence-corrected chi connectivity index (χ2v) is 7.03. The highest BCUT2D eigenvalue weighted by Crippen LogP contribution is 2.35. The summed E-state index contributed by atoms with van der Waals surface area (Å²) in [5.74, 6) is 0.719. The molecule has 0 atom stereocenters. The first-order chi connectivity index (χ1) is 13.9. The minimum atomic E-state index is -0.502. The number of amides is 2. The van der Waals surface area contributed by atoms with Crippen LogP contribution in [-0.2, 0) is 11.3 Å². The standard InChI is InChI=1S/C20H18N2O6S/c1-3-28-17-10-14(6-9-16(17)27-2)11-18-19(23)21(20(24)29-18)12-13-4-7-15(8-5-13)22(25)26/h4-11H,3,12H2,1-2H3/b18-11+. The molecule has 150 valence electrons. The Bertz CT molecular complexity index is 987. The van der Waals surface area contributed by atoms with Gasteiger partial charge < -0.3 is 9.47 Å². The fourth-order valence-corrected chi connectivity index (χ4v) is 3.58. The molecule has 0 aromatic heterocycles. The third kappa shape index (κ3) is 4.57. The van der Waals surface area contributed by atoms with Crippen molar-refractivity contribution in [3.63, 3.8) is 0 Å². The Labute approximate surface area is 171 Å². The largest absolute Gasteiger partial charge is 0.493 e. The van der Waals surface area contributed by atoms with Crippen LogP contribution in [0.5, 0.6) is 11.5 Å². The molecule has 1 fully saturated rings. The van der Waals surface area contributed by atoms with E-state index in [0.29, 0.717) is 34.1 Å². The number of imide groups is 1. The Morgan fingerprint density at radius 3 is 2.48 bits per heavy atom. The quantitative estimate of drug-likeness (QED) is 0.380. The monoisotopic (exact) mass is 414 g/mol. The van der Waals surface area contributed by atoms with Crippen LogP contribution in [0.1, 0.15) is 18.1 Å². The van der Waals surface area contributed by atoms with Crippen LogP contribution in [0.15, 0.2) is 47.4 Å². The SMILES string of the molecule is CCOc1cc(/C=C2/SC(=O)N(Cc3ccc([N+](=O)[O-])cc3)C2=O)ccc1OC. The molecular formula is C20H18N2O6S. The van der Waals surface area contributed by atoms with Gasteiger partial charge in [0.05, 0.1) is 30.1 Å². The van der Waals surface area contributed by atoms with Gasteiger partial charge in [-0.1, -0.05) is 18.2 Å². The molecule has 1 heterocycles. The van der Waals surface area contributed by atoms with E-state index < -0.39 is 16.1 Å². The maximum Gasteiger partial charge on any atom is 0.293 e. The molecule has 0 bridgehead atoms. The summed E-state index contributed by atoms with van der Waals surface area (Å²) in [6.45, 7) is 2.37. The Balaban J connectivity index is 1.79. The van der Waals surface area contributed by atoms with E-state index in [1.165, 1.54) is 24.3 Å². The summed E-state index contributed by atoms with van der Waals surface area (Å²) in [6, 6.07) is 11.0. The van der Waals surface area contributed by atoms with Gasteiger partial charge in [-0.25, -0.2) is 0 Å². The molecule has 2 aromatic rings. The lowest BCUT2D eigenvalue weighted by Gasteiger charge is -2.12. The maximum absolute atomic E-state index is 12.7. The molecule has 0 spiro atoms. The second-order valence-electron chi connectivity index (χ2n) is 6.03. The molecule has 2 aromatic carbocycles. The summed E-state index contributed by atoms with van der Waals surface area (Å²) in [4.78, 5) is 36.6. The highest BCUT2D eigenvalue weighted by molar-refractivity contribution is 8.18. The van der Waals surface area contributed by atoms with Crippen molar-refractivity contribution in [2.75, 3.05) is 13.7 Å². The van der Waals surface area contributed by atoms with E-state index in [-0.39, 0.29) is 12.2 Å². The maximum atomic E-state index is 12.7. The normalized spacial score (nSPS) is 15.1. The van der Waals surface area contributed by atoms with Crippen LogP contribution < -0.4 is 9.47 Å². The second kappa shape index (κ2) is 8.78. The lowest BCUT2D eigenvalue weighted by atomic mass is 10.1. The third-order valence-corrected chi connectivity index (χ3v) is 5.05. The van der Waals surface area contributed by atoms with Gasteiger partial charge in [0.1, 0.15) is 0 Å². The smallest absolute Gasteiger partial charge is 0.293 e. The highest BCUT2D eigenvalue weighted by atomic mass is 32.2. The average molecular weight is 414 g/mol. The molecule has 0 radical (unpaired) electrons. The van der Waals surface area contributed by atoms with Gasteiger partial charge in [-0.3, -0.25) is 24.6 Å². The molecule has 3 rings (SSSR count). The zero-order valence-corrected chi connectivity index (χ0v) is 16.6. The number of ether oxygens (including phenoxy) is 2. The number of methoxy groups -OCH3 is 1. The van der Waals surface area contributed by atoms with Gasteiger partial charge in [0, 0.05) is 12.1 Å². The minimum absolute atomic E-state index is 0.0484. The summed E-state index contributed by atoms with van der Waals surface area (Å²) >= 11 is 0.851. The minimum Gasteiger partial charge on any atom is -0.493 e. The zero-order chi connectivity index (χ0) is 21.0. The van der Waals surface area contributed by atoms with E-state index in [9.17, 15) is 19.7 Å². The predicted molar refractivity (Wildman–Crippen MR) is 109 cm³/mol. The molecule has 29 heavy (non-hydrogen) atoms. The number of non-ortho nitro benzene ring substituents is 1. The lowest BCUT2D eigenvalue weighted by Crippen LogP contribution is -2.27. The van der Waals surface area contributed by atoms with Gasteiger partial charge in [-0.05, 0) is 48.0 Å². The summed E-state index contributed by atoms with van der Waals surface area (Å²) in [5, 5.41) is 10.4. The molecule has 2 amide bonds. The Kier molecular flexibility index (Phi) is 6.18.